The molecule has 0 unspecified atom stereocenters. The van der Waals surface area contributed by atoms with Crippen molar-refractivity contribution < 1.29 is 9.90 Å². The zero-order valence-electron chi connectivity index (χ0n) is 11.9. The number of rotatable bonds is 6. The summed E-state index contributed by atoms with van der Waals surface area (Å²) in [6.45, 7) is 3.69. The third-order valence-corrected chi connectivity index (χ3v) is 4.20. The molecule has 1 aromatic carbocycles. The lowest BCUT2D eigenvalue weighted by Gasteiger charge is -2.40. The number of aliphatic carboxylic acids is 1. The molecule has 0 heterocycles. The van der Waals surface area contributed by atoms with E-state index in [1.807, 2.05) is 7.05 Å². The van der Waals surface area contributed by atoms with Crippen LogP contribution in [-0.4, -0.2) is 36.1 Å². The van der Waals surface area contributed by atoms with Crippen LogP contribution in [0.2, 0.25) is 0 Å². The summed E-state index contributed by atoms with van der Waals surface area (Å²) < 4.78 is 0. The van der Waals surface area contributed by atoms with Crippen LogP contribution < -0.4 is 0 Å². The second kappa shape index (κ2) is 5.74. The quantitative estimate of drug-likeness (QED) is 0.856. The molecule has 2 rings (SSSR count). The minimum atomic E-state index is -0.624. The Kier molecular flexibility index (Phi) is 4.25. The first kappa shape index (κ1) is 14.1. The molecule has 104 valence electrons. The van der Waals surface area contributed by atoms with Crippen LogP contribution in [0.5, 0.6) is 0 Å². The first-order chi connectivity index (χ1) is 9.02. The fourth-order valence-corrected chi connectivity index (χ4v) is 2.83. The Morgan fingerprint density at radius 3 is 2.68 bits per heavy atom. The summed E-state index contributed by atoms with van der Waals surface area (Å²) in [5, 5.41) is 9.33. The van der Waals surface area contributed by atoms with E-state index in [4.69, 9.17) is 0 Å². The van der Waals surface area contributed by atoms with Crippen LogP contribution in [0.25, 0.3) is 0 Å². The molecule has 1 fully saturated rings. The van der Waals surface area contributed by atoms with E-state index in [2.05, 4.69) is 36.1 Å². The highest BCUT2D eigenvalue weighted by Crippen LogP contribution is 2.41. The van der Waals surface area contributed by atoms with E-state index in [9.17, 15) is 9.90 Å². The Hall–Kier alpha value is -1.35. The summed E-state index contributed by atoms with van der Waals surface area (Å²) >= 11 is 0. The summed E-state index contributed by atoms with van der Waals surface area (Å²) in [6, 6.07) is 8.51. The van der Waals surface area contributed by atoms with Crippen molar-refractivity contribution in [1.29, 1.82) is 0 Å². The van der Waals surface area contributed by atoms with E-state index in [1.165, 1.54) is 11.1 Å². The highest BCUT2D eigenvalue weighted by Gasteiger charge is 2.44. The third-order valence-electron chi connectivity index (χ3n) is 4.20. The van der Waals surface area contributed by atoms with E-state index >= 15 is 0 Å². The zero-order chi connectivity index (χ0) is 13.9. The highest BCUT2D eigenvalue weighted by atomic mass is 16.4. The molecule has 19 heavy (non-hydrogen) atoms. The molecule has 3 nitrogen and oxygen atoms in total. The van der Waals surface area contributed by atoms with Crippen molar-refractivity contribution in [1.82, 2.24) is 4.90 Å². The molecule has 3 heteroatoms. The number of likely N-dealkylation sites (N-methyl/N-ethyl adjacent to an activating group) is 1. The maximum absolute atomic E-state index is 11.3. The number of carboxylic acids is 1. The predicted molar refractivity (Wildman–Crippen MR) is 76.3 cm³/mol. The first-order valence-electron chi connectivity index (χ1n) is 6.99. The van der Waals surface area contributed by atoms with Gasteiger partial charge in [-0.15, -0.1) is 0 Å². The second-order valence-electron chi connectivity index (χ2n) is 5.92. The number of hydrogen-bond acceptors (Lipinski definition) is 2. The maximum Gasteiger partial charge on any atom is 0.310 e. The predicted octanol–water partition coefficient (Wildman–Crippen LogP) is 2.72. The van der Waals surface area contributed by atoms with Gasteiger partial charge in [-0.25, -0.2) is 0 Å². The average Bonchev–Trinajstić information content (AvgIpc) is 2.31. The Morgan fingerprint density at radius 2 is 2.16 bits per heavy atom. The van der Waals surface area contributed by atoms with Gasteiger partial charge < -0.3 is 10.0 Å². The molecular weight excluding hydrogens is 238 g/mol. The molecule has 0 radical (unpaired) electrons. The van der Waals surface area contributed by atoms with E-state index in [1.54, 1.807) is 0 Å². The monoisotopic (exact) mass is 261 g/mol. The molecule has 1 saturated carbocycles. The minimum absolute atomic E-state index is 0.471. The van der Waals surface area contributed by atoms with Gasteiger partial charge in [-0.1, -0.05) is 36.2 Å². The summed E-state index contributed by atoms with van der Waals surface area (Å²) in [7, 11) is 2.03. The molecule has 0 aliphatic heterocycles. The van der Waals surface area contributed by atoms with Gasteiger partial charge in [0.15, 0.2) is 0 Å². The van der Waals surface area contributed by atoms with Crippen molar-refractivity contribution in [2.75, 3.05) is 20.1 Å². The Balaban J connectivity index is 1.85. The molecule has 0 saturated heterocycles. The largest absolute Gasteiger partial charge is 0.481 e. The molecule has 1 N–H and O–H groups in total. The Bertz CT molecular complexity index is 452. The number of hydrogen-bond donors (Lipinski definition) is 1. The standard InChI is InChI=1S/C16H23NO2/c1-13-5-3-6-14(11-13)7-10-17(2)12-16(15(18)19)8-4-9-16/h3,5-6,11H,4,7-10,12H2,1-2H3,(H,18,19). The number of aryl methyl sites for hydroxylation is 1. The van der Waals surface area contributed by atoms with Gasteiger partial charge in [0.05, 0.1) is 5.41 Å². The number of nitrogens with zero attached hydrogens (tertiary/aromatic N) is 1. The number of carboxylic acid groups (broad SMARTS) is 1. The lowest BCUT2D eigenvalue weighted by atomic mass is 9.68. The highest BCUT2D eigenvalue weighted by molar-refractivity contribution is 5.76. The van der Waals surface area contributed by atoms with Gasteiger partial charge in [0.2, 0.25) is 0 Å². The van der Waals surface area contributed by atoms with Crippen molar-refractivity contribution >= 4 is 5.97 Å². The van der Waals surface area contributed by atoms with Crippen LogP contribution in [0, 0.1) is 12.3 Å². The van der Waals surface area contributed by atoms with Gasteiger partial charge in [-0.05, 0) is 38.8 Å². The van der Waals surface area contributed by atoms with Gasteiger partial charge in [0, 0.05) is 13.1 Å². The van der Waals surface area contributed by atoms with Gasteiger partial charge >= 0.3 is 5.97 Å². The molecule has 1 aromatic rings. The Morgan fingerprint density at radius 1 is 1.42 bits per heavy atom. The summed E-state index contributed by atoms with van der Waals surface area (Å²) in [4.78, 5) is 13.5. The van der Waals surface area contributed by atoms with Gasteiger partial charge in [0.1, 0.15) is 0 Å². The van der Waals surface area contributed by atoms with E-state index in [-0.39, 0.29) is 0 Å². The topological polar surface area (TPSA) is 40.5 Å². The molecular formula is C16H23NO2. The van der Waals surface area contributed by atoms with Crippen molar-refractivity contribution in [2.24, 2.45) is 5.41 Å². The zero-order valence-corrected chi connectivity index (χ0v) is 11.9. The number of benzene rings is 1. The van der Waals surface area contributed by atoms with Crippen molar-refractivity contribution in [2.45, 2.75) is 32.6 Å². The smallest absolute Gasteiger partial charge is 0.310 e. The SMILES string of the molecule is Cc1cccc(CCN(C)CC2(C(=O)O)CCC2)c1. The van der Waals surface area contributed by atoms with E-state index < -0.39 is 11.4 Å². The van der Waals surface area contributed by atoms with Crippen LogP contribution in [0.15, 0.2) is 24.3 Å². The summed E-state index contributed by atoms with van der Waals surface area (Å²) in [5.74, 6) is -0.624. The average molecular weight is 261 g/mol. The molecule has 0 bridgehead atoms. The molecule has 0 aromatic heterocycles. The van der Waals surface area contributed by atoms with Crippen molar-refractivity contribution in [3.05, 3.63) is 35.4 Å². The lowest BCUT2D eigenvalue weighted by Crippen LogP contribution is -2.47. The van der Waals surface area contributed by atoms with E-state index in [0.29, 0.717) is 6.54 Å². The molecule has 0 spiro atoms. The fourth-order valence-electron chi connectivity index (χ4n) is 2.83. The first-order valence-corrected chi connectivity index (χ1v) is 6.99. The lowest BCUT2D eigenvalue weighted by molar-refractivity contribution is -0.156. The summed E-state index contributed by atoms with van der Waals surface area (Å²) in [6.07, 6.45) is 3.69. The molecule has 1 aliphatic carbocycles. The van der Waals surface area contributed by atoms with Crippen molar-refractivity contribution in [3.8, 4) is 0 Å². The van der Waals surface area contributed by atoms with Crippen LogP contribution in [0.4, 0.5) is 0 Å². The van der Waals surface area contributed by atoms with Crippen molar-refractivity contribution in [3.63, 3.8) is 0 Å². The van der Waals surface area contributed by atoms with Crippen LogP contribution in [0.3, 0.4) is 0 Å². The van der Waals surface area contributed by atoms with Gasteiger partial charge in [-0.3, -0.25) is 4.79 Å². The normalized spacial score (nSPS) is 17.2. The van der Waals surface area contributed by atoms with Crippen LogP contribution in [-0.2, 0) is 11.2 Å². The van der Waals surface area contributed by atoms with Crippen LogP contribution >= 0.6 is 0 Å². The fraction of sp³-hybridized carbons (Fsp3) is 0.562. The van der Waals surface area contributed by atoms with Gasteiger partial charge in [-0.2, -0.15) is 0 Å². The third kappa shape index (κ3) is 3.35. The van der Waals surface area contributed by atoms with E-state index in [0.717, 1.165) is 32.2 Å². The van der Waals surface area contributed by atoms with Crippen LogP contribution in [0.1, 0.15) is 30.4 Å². The molecule has 0 atom stereocenters. The minimum Gasteiger partial charge on any atom is -0.481 e. The number of carbonyl (C=O) groups is 1. The Labute approximate surface area is 115 Å². The summed E-state index contributed by atoms with van der Waals surface area (Å²) in [5.41, 5.74) is 2.13. The molecule has 1 aliphatic rings. The van der Waals surface area contributed by atoms with Gasteiger partial charge in [0.25, 0.3) is 0 Å². The second-order valence-corrected chi connectivity index (χ2v) is 5.92. The maximum atomic E-state index is 11.3. The molecule has 0 amide bonds.